The van der Waals surface area contributed by atoms with Gasteiger partial charge in [0.15, 0.2) is 0 Å². The van der Waals surface area contributed by atoms with Gasteiger partial charge in [-0.15, -0.1) is 0 Å². The van der Waals surface area contributed by atoms with Crippen LogP contribution in [-0.4, -0.2) is 27.3 Å². The summed E-state index contributed by atoms with van der Waals surface area (Å²) in [5, 5.41) is 9.21. The van der Waals surface area contributed by atoms with Gasteiger partial charge in [-0.3, -0.25) is 0 Å². The Morgan fingerprint density at radius 2 is 1.45 bits per heavy atom. The Balaban J connectivity index is 4.47. The van der Waals surface area contributed by atoms with Crippen molar-refractivity contribution in [3.63, 3.8) is 0 Å². The van der Waals surface area contributed by atoms with Crippen molar-refractivity contribution in [3.05, 3.63) is 0 Å². The lowest BCUT2D eigenvalue weighted by Crippen LogP contribution is -2.46. The van der Waals surface area contributed by atoms with E-state index >= 15 is 0 Å². The van der Waals surface area contributed by atoms with Gasteiger partial charge in [0.25, 0.3) is 5.97 Å². The van der Waals surface area contributed by atoms with Crippen molar-refractivity contribution in [3.8, 4) is 6.07 Å². The highest BCUT2D eigenvalue weighted by Crippen LogP contribution is 2.34. The second kappa shape index (κ2) is 11.1. The molecule has 118 valence electrons. The second-order valence-electron chi connectivity index (χ2n) is 5.30. The predicted octanol–water partition coefficient (Wildman–Crippen LogP) is 4.11. The number of unbranched alkanes of at least 4 members (excludes halogenated alkanes) is 5. The molecule has 0 aromatic heterocycles. The van der Waals surface area contributed by atoms with Crippen LogP contribution in [0.3, 0.4) is 0 Å². The molecule has 0 aliphatic carbocycles. The molecule has 2 unspecified atom stereocenters. The van der Waals surface area contributed by atoms with Crippen LogP contribution in [0.15, 0.2) is 0 Å². The number of hydrogen-bond donors (Lipinski definition) is 0. The van der Waals surface area contributed by atoms with Crippen molar-refractivity contribution in [1.82, 2.24) is 0 Å². The third-order valence-electron chi connectivity index (χ3n) is 3.98. The minimum Gasteiger partial charge on any atom is -0.331 e. The van der Waals surface area contributed by atoms with E-state index in [2.05, 4.69) is 13.0 Å². The first-order chi connectivity index (χ1) is 9.61. The number of ether oxygens (including phenoxy) is 3. The van der Waals surface area contributed by atoms with Gasteiger partial charge in [0.1, 0.15) is 0 Å². The van der Waals surface area contributed by atoms with E-state index in [0.717, 1.165) is 12.8 Å². The Labute approximate surface area is 124 Å². The summed E-state index contributed by atoms with van der Waals surface area (Å²) in [7, 11) is 4.68. The molecule has 4 heteroatoms. The zero-order valence-electron chi connectivity index (χ0n) is 13.8. The van der Waals surface area contributed by atoms with Crippen molar-refractivity contribution in [2.45, 2.75) is 64.8 Å². The standard InChI is InChI=1S/C16H31NO3/c1-6-7-8-9-10-11-12-15(14(2)13-17)16(18-3,19-4)20-5/h14-15H,6-12H2,1-5H3. The molecule has 4 nitrogen and oxygen atoms in total. The van der Waals surface area contributed by atoms with Gasteiger partial charge in [-0.1, -0.05) is 45.4 Å². The third-order valence-corrected chi connectivity index (χ3v) is 3.98. The van der Waals surface area contributed by atoms with Crippen LogP contribution in [0.1, 0.15) is 58.8 Å². The molecule has 0 saturated carbocycles. The monoisotopic (exact) mass is 285 g/mol. The summed E-state index contributed by atoms with van der Waals surface area (Å²) in [4.78, 5) is 0. The molecule has 0 N–H and O–H groups in total. The molecule has 20 heavy (non-hydrogen) atoms. The average molecular weight is 285 g/mol. The van der Waals surface area contributed by atoms with Crippen LogP contribution in [0, 0.1) is 23.2 Å². The summed E-state index contributed by atoms with van der Waals surface area (Å²) >= 11 is 0. The summed E-state index contributed by atoms with van der Waals surface area (Å²) < 4.78 is 16.3. The van der Waals surface area contributed by atoms with Gasteiger partial charge in [-0.25, -0.2) is 0 Å². The summed E-state index contributed by atoms with van der Waals surface area (Å²) in [6.45, 7) is 4.11. The first-order valence-electron chi connectivity index (χ1n) is 7.66. The maximum Gasteiger partial charge on any atom is 0.286 e. The molecule has 0 heterocycles. The highest BCUT2D eigenvalue weighted by molar-refractivity contribution is 4.89. The van der Waals surface area contributed by atoms with Gasteiger partial charge in [-0.05, 0) is 13.3 Å². The van der Waals surface area contributed by atoms with Crippen LogP contribution in [-0.2, 0) is 14.2 Å². The van der Waals surface area contributed by atoms with E-state index in [1.807, 2.05) is 6.92 Å². The molecule has 2 atom stereocenters. The van der Waals surface area contributed by atoms with E-state index in [4.69, 9.17) is 14.2 Å². The van der Waals surface area contributed by atoms with Crippen molar-refractivity contribution < 1.29 is 14.2 Å². The zero-order valence-corrected chi connectivity index (χ0v) is 13.8. The maximum atomic E-state index is 9.21. The van der Waals surface area contributed by atoms with E-state index in [1.165, 1.54) is 32.1 Å². The fourth-order valence-corrected chi connectivity index (χ4v) is 2.67. The molecule has 0 aromatic carbocycles. The molecule has 0 rings (SSSR count). The average Bonchev–Trinajstić information content (AvgIpc) is 2.49. The molecule has 0 amide bonds. The van der Waals surface area contributed by atoms with Crippen molar-refractivity contribution >= 4 is 0 Å². The van der Waals surface area contributed by atoms with E-state index in [9.17, 15) is 5.26 Å². The summed E-state index contributed by atoms with van der Waals surface area (Å²) in [5.41, 5.74) is 0. The van der Waals surface area contributed by atoms with Crippen LogP contribution >= 0.6 is 0 Å². The lowest BCUT2D eigenvalue weighted by atomic mass is 9.87. The highest BCUT2D eigenvalue weighted by atomic mass is 16.9. The minimum absolute atomic E-state index is 0.0846. The quantitative estimate of drug-likeness (QED) is 0.400. The molecule has 0 aliphatic rings. The molecular weight excluding hydrogens is 254 g/mol. The highest BCUT2D eigenvalue weighted by Gasteiger charge is 2.43. The molecule has 0 spiro atoms. The number of rotatable bonds is 12. The number of nitrogens with zero attached hydrogens (tertiary/aromatic N) is 1. The van der Waals surface area contributed by atoms with E-state index in [1.54, 1.807) is 21.3 Å². The third kappa shape index (κ3) is 5.78. The fourth-order valence-electron chi connectivity index (χ4n) is 2.67. The minimum atomic E-state index is -1.11. The summed E-state index contributed by atoms with van der Waals surface area (Å²) in [5.74, 6) is -1.37. The normalized spacial score (nSPS) is 14.8. The Hall–Kier alpha value is -0.630. The van der Waals surface area contributed by atoms with Crippen molar-refractivity contribution in [2.75, 3.05) is 21.3 Å². The van der Waals surface area contributed by atoms with Gasteiger partial charge in [0, 0.05) is 21.3 Å². The predicted molar refractivity (Wildman–Crippen MR) is 80.0 cm³/mol. The molecule has 0 radical (unpaired) electrons. The number of methoxy groups -OCH3 is 3. The summed E-state index contributed by atoms with van der Waals surface area (Å²) in [6.07, 6.45) is 8.22. The maximum absolute atomic E-state index is 9.21. The molecule has 0 fully saturated rings. The number of hydrogen-bond acceptors (Lipinski definition) is 4. The Kier molecular flexibility index (Phi) is 10.7. The van der Waals surface area contributed by atoms with Gasteiger partial charge >= 0.3 is 0 Å². The van der Waals surface area contributed by atoms with Gasteiger partial charge in [0.05, 0.1) is 17.9 Å². The fraction of sp³-hybridized carbons (Fsp3) is 0.938. The van der Waals surface area contributed by atoms with Crippen LogP contribution in [0.4, 0.5) is 0 Å². The van der Waals surface area contributed by atoms with Gasteiger partial charge in [-0.2, -0.15) is 5.26 Å². The van der Waals surface area contributed by atoms with E-state index in [0.29, 0.717) is 0 Å². The van der Waals surface area contributed by atoms with Crippen molar-refractivity contribution in [2.24, 2.45) is 11.8 Å². The zero-order chi connectivity index (χ0) is 15.4. The molecule has 0 aromatic rings. The molecule has 0 aliphatic heterocycles. The first-order valence-corrected chi connectivity index (χ1v) is 7.66. The second-order valence-corrected chi connectivity index (χ2v) is 5.30. The Bertz CT molecular complexity index is 263. The van der Waals surface area contributed by atoms with Crippen LogP contribution in [0.5, 0.6) is 0 Å². The summed E-state index contributed by atoms with van der Waals surface area (Å²) in [6, 6.07) is 2.29. The smallest absolute Gasteiger partial charge is 0.286 e. The van der Waals surface area contributed by atoms with E-state index < -0.39 is 5.97 Å². The first kappa shape index (κ1) is 19.4. The Morgan fingerprint density at radius 1 is 0.950 bits per heavy atom. The van der Waals surface area contributed by atoms with Crippen LogP contribution < -0.4 is 0 Å². The van der Waals surface area contributed by atoms with E-state index in [-0.39, 0.29) is 11.8 Å². The Morgan fingerprint density at radius 3 is 1.90 bits per heavy atom. The van der Waals surface area contributed by atoms with Crippen molar-refractivity contribution in [1.29, 1.82) is 5.26 Å². The lowest BCUT2D eigenvalue weighted by molar-refractivity contribution is -0.383. The SMILES string of the molecule is CCCCCCCCC(C(C)C#N)C(OC)(OC)OC. The molecule has 0 bridgehead atoms. The van der Waals surface area contributed by atoms with Gasteiger partial charge < -0.3 is 14.2 Å². The largest absolute Gasteiger partial charge is 0.331 e. The molecular formula is C16H31NO3. The van der Waals surface area contributed by atoms with Crippen LogP contribution in [0.2, 0.25) is 0 Å². The molecule has 0 saturated heterocycles. The van der Waals surface area contributed by atoms with Gasteiger partial charge in [0.2, 0.25) is 0 Å². The lowest BCUT2D eigenvalue weighted by Gasteiger charge is -2.37. The van der Waals surface area contributed by atoms with Crippen LogP contribution in [0.25, 0.3) is 0 Å². The topological polar surface area (TPSA) is 51.5 Å². The number of nitriles is 1.